The monoisotopic (exact) mass is 453 g/mol. The number of nitrogens with zero attached hydrogens (tertiary/aromatic N) is 3. The molecule has 0 radical (unpaired) electrons. The lowest BCUT2D eigenvalue weighted by atomic mass is 10.1. The number of carboxylic acids is 1. The van der Waals surface area contributed by atoms with Gasteiger partial charge in [0, 0.05) is 0 Å². The number of ether oxygens (including phenoxy) is 2. The van der Waals surface area contributed by atoms with Crippen LogP contribution < -0.4 is 15.0 Å². The molecule has 0 bridgehead atoms. The summed E-state index contributed by atoms with van der Waals surface area (Å²) in [7, 11) is 1.51. The average Bonchev–Trinajstić information content (AvgIpc) is 2.86. The summed E-state index contributed by atoms with van der Waals surface area (Å²) in [6.45, 7) is -0.0977. The van der Waals surface area contributed by atoms with E-state index in [1.807, 2.05) is 6.07 Å². The third-order valence-electron chi connectivity index (χ3n) is 5.08. The highest BCUT2D eigenvalue weighted by atomic mass is 16.5. The highest BCUT2D eigenvalue weighted by Gasteiger charge is 2.12. The van der Waals surface area contributed by atoms with E-state index in [0.717, 1.165) is 5.56 Å². The number of benzene rings is 3. The van der Waals surface area contributed by atoms with Gasteiger partial charge in [-0.05, 0) is 60.2 Å². The van der Waals surface area contributed by atoms with E-state index in [1.165, 1.54) is 23.8 Å². The Morgan fingerprint density at radius 1 is 1.09 bits per heavy atom. The molecule has 0 amide bonds. The summed E-state index contributed by atoms with van der Waals surface area (Å²) in [5.41, 5.74) is 1.64. The van der Waals surface area contributed by atoms with Gasteiger partial charge in [0.2, 0.25) is 0 Å². The van der Waals surface area contributed by atoms with E-state index >= 15 is 0 Å². The van der Waals surface area contributed by atoms with Crippen molar-refractivity contribution in [1.82, 2.24) is 9.55 Å². The predicted molar refractivity (Wildman–Crippen MR) is 127 cm³/mol. The smallest absolute Gasteiger partial charge is 0.335 e. The number of nitriles is 1. The Balaban J connectivity index is 1.81. The van der Waals surface area contributed by atoms with Crippen LogP contribution in [0.1, 0.15) is 21.7 Å². The molecule has 0 spiro atoms. The maximum Gasteiger partial charge on any atom is 0.335 e. The predicted octanol–water partition coefficient (Wildman–Crippen LogP) is 4.17. The fourth-order valence-corrected chi connectivity index (χ4v) is 3.45. The van der Waals surface area contributed by atoms with Gasteiger partial charge in [0.25, 0.3) is 5.56 Å². The van der Waals surface area contributed by atoms with Crippen LogP contribution in [0.5, 0.6) is 11.5 Å². The zero-order valence-corrected chi connectivity index (χ0v) is 18.1. The summed E-state index contributed by atoms with van der Waals surface area (Å²) < 4.78 is 12.1. The van der Waals surface area contributed by atoms with Crippen molar-refractivity contribution in [2.45, 2.75) is 0 Å². The van der Waals surface area contributed by atoms with Crippen molar-refractivity contribution in [3.63, 3.8) is 0 Å². The lowest BCUT2D eigenvalue weighted by Gasteiger charge is -2.12. The van der Waals surface area contributed by atoms with E-state index in [-0.39, 0.29) is 17.7 Å². The molecule has 3 aromatic carbocycles. The largest absolute Gasteiger partial charge is 0.493 e. The number of rotatable bonds is 7. The first-order valence-corrected chi connectivity index (χ1v) is 10.2. The molecule has 0 aliphatic heterocycles. The molecule has 8 heteroatoms. The van der Waals surface area contributed by atoms with Crippen LogP contribution in [0.25, 0.3) is 28.7 Å². The van der Waals surface area contributed by atoms with E-state index in [4.69, 9.17) is 14.7 Å². The molecule has 34 heavy (non-hydrogen) atoms. The molecule has 168 valence electrons. The first-order valence-electron chi connectivity index (χ1n) is 10.2. The number of aromatic carboxylic acids is 1. The third kappa shape index (κ3) is 4.49. The fourth-order valence-electron chi connectivity index (χ4n) is 3.45. The topological polar surface area (TPSA) is 114 Å². The van der Waals surface area contributed by atoms with Crippen molar-refractivity contribution in [1.29, 1.82) is 5.26 Å². The fraction of sp³-hybridized carbons (Fsp3) is 0.0769. The number of carboxylic acid groups (broad SMARTS) is 1. The number of methoxy groups -OCH3 is 1. The van der Waals surface area contributed by atoms with Crippen molar-refractivity contribution in [2.75, 3.05) is 13.7 Å². The molecule has 1 aromatic heterocycles. The van der Waals surface area contributed by atoms with Crippen LogP contribution in [0, 0.1) is 11.3 Å². The van der Waals surface area contributed by atoms with Crippen molar-refractivity contribution in [2.24, 2.45) is 0 Å². The minimum Gasteiger partial charge on any atom is -0.493 e. The first kappa shape index (κ1) is 22.3. The highest BCUT2D eigenvalue weighted by molar-refractivity contribution is 5.88. The van der Waals surface area contributed by atoms with Crippen LogP contribution in [0.15, 0.2) is 71.5 Å². The van der Waals surface area contributed by atoms with Gasteiger partial charge >= 0.3 is 5.97 Å². The Hall–Kier alpha value is -4.90. The van der Waals surface area contributed by atoms with Crippen LogP contribution in [0.4, 0.5) is 0 Å². The lowest BCUT2D eigenvalue weighted by Crippen LogP contribution is -2.22. The van der Waals surface area contributed by atoms with Crippen LogP contribution in [-0.4, -0.2) is 34.3 Å². The number of hydrogen-bond acceptors (Lipinski definition) is 6. The zero-order chi connectivity index (χ0) is 24.1. The quantitative estimate of drug-likeness (QED) is 0.447. The SMILES string of the molecule is COc1cc(/C=C/c2nc3ccccc3c(=O)n2-c2ccc(C(=O)O)cc2)ccc1OCC#N. The average molecular weight is 453 g/mol. The van der Waals surface area contributed by atoms with Gasteiger partial charge in [0.05, 0.1) is 29.3 Å². The van der Waals surface area contributed by atoms with Crippen LogP contribution in [-0.2, 0) is 0 Å². The Labute approximate surface area is 194 Å². The number of hydrogen-bond donors (Lipinski definition) is 1. The molecule has 4 aromatic rings. The molecular formula is C26H19N3O5. The van der Waals surface area contributed by atoms with Gasteiger partial charge in [0.1, 0.15) is 11.9 Å². The molecular weight excluding hydrogens is 434 g/mol. The van der Waals surface area contributed by atoms with Gasteiger partial charge in [-0.25, -0.2) is 9.78 Å². The minimum absolute atomic E-state index is 0.0977. The van der Waals surface area contributed by atoms with E-state index in [9.17, 15) is 14.7 Å². The molecule has 8 nitrogen and oxygen atoms in total. The zero-order valence-electron chi connectivity index (χ0n) is 18.1. The van der Waals surface area contributed by atoms with Gasteiger partial charge in [-0.1, -0.05) is 24.3 Å². The molecule has 1 N–H and O–H groups in total. The van der Waals surface area contributed by atoms with E-state index in [2.05, 4.69) is 4.98 Å². The Morgan fingerprint density at radius 2 is 1.85 bits per heavy atom. The second kappa shape index (κ2) is 9.71. The van der Waals surface area contributed by atoms with Crippen LogP contribution in [0.2, 0.25) is 0 Å². The summed E-state index contributed by atoms with van der Waals surface area (Å²) >= 11 is 0. The van der Waals surface area contributed by atoms with E-state index < -0.39 is 5.97 Å². The van der Waals surface area contributed by atoms with Crippen molar-refractivity contribution in [3.05, 3.63) is 94.0 Å². The number of carbonyl (C=O) groups is 1. The number of para-hydroxylation sites is 1. The van der Waals surface area contributed by atoms with Gasteiger partial charge in [-0.15, -0.1) is 0 Å². The minimum atomic E-state index is -1.05. The second-order valence-corrected chi connectivity index (χ2v) is 7.17. The van der Waals surface area contributed by atoms with Crippen molar-refractivity contribution < 1.29 is 19.4 Å². The molecule has 0 atom stereocenters. The second-order valence-electron chi connectivity index (χ2n) is 7.17. The third-order valence-corrected chi connectivity index (χ3v) is 5.08. The Kier molecular flexibility index (Phi) is 6.37. The van der Waals surface area contributed by atoms with Crippen molar-refractivity contribution in [3.8, 4) is 23.3 Å². The molecule has 0 aliphatic carbocycles. The Morgan fingerprint density at radius 3 is 2.56 bits per heavy atom. The van der Waals surface area contributed by atoms with E-state index in [0.29, 0.717) is 33.9 Å². The molecule has 0 saturated carbocycles. The summed E-state index contributed by atoms with van der Waals surface area (Å²) in [6, 6.07) is 20.2. The Bertz CT molecular complexity index is 1500. The number of aromatic nitrogens is 2. The molecule has 1 heterocycles. The maximum atomic E-state index is 13.3. The van der Waals surface area contributed by atoms with Gasteiger partial charge < -0.3 is 14.6 Å². The summed E-state index contributed by atoms with van der Waals surface area (Å²) in [5.74, 6) is 0.230. The molecule has 4 rings (SSSR count). The summed E-state index contributed by atoms with van der Waals surface area (Å²) in [6.07, 6.45) is 3.47. The van der Waals surface area contributed by atoms with Gasteiger partial charge in [-0.3, -0.25) is 9.36 Å². The molecule has 0 aliphatic rings. The van der Waals surface area contributed by atoms with E-state index in [1.54, 1.807) is 66.7 Å². The molecule has 0 unspecified atom stereocenters. The van der Waals surface area contributed by atoms with Crippen LogP contribution in [0.3, 0.4) is 0 Å². The summed E-state index contributed by atoms with van der Waals surface area (Å²) in [4.78, 5) is 29.2. The summed E-state index contributed by atoms with van der Waals surface area (Å²) in [5, 5.41) is 18.4. The number of fused-ring (bicyclic) bond motifs is 1. The van der Waals surface area contributed by atoms with Gasteiger partial charge in [-0.2, -0.15) is 5.26 Å². The standard InChI is InChI=1S/C26H19N3O5/c1-33-23-16-17(6-12-22(23)34-15-14-27)7-13-24-28-21-5-3-2-4-20(21)25(30)29(24)19-10-8-18(9-11-19)26(31)32/h2-13,16H,15H2,1H3,(H,31,32)/b13-7+. The highest BCUT2D eigenvalue weighted by Crippen LogP contribution is 2.29. The molecule has 0 saturated heterocycles. The van der Waals surface area contributed by atoms with Gasteiger partial charge in [0.15, 0.2) is 18.1 Å². The first-order chi connectivity index (χ1) is 16.5. The van der Waals surface area contributed by atoms with Crippen LogP contribution >= 0.6 is 0 Å². The lowest BCUT2D eigenvalue weighted by molar-refractivity contribution is 0.0697. The van der Waals surface area contributed by atoms with Crippen molar-refractivity contribution >= 4 is 29.0 Å². The maximum absolute atomic E-state index is 13.3. The molecule has 0 fully saturated rings. The normalized spacial score (nSPS) is 10.8.